The number of rotatable bonds is 4. The van der Waals surface area contributed by atoms with Crippen LogP contribution in [0, 0.1) is 5.92 Å². The Balaban J connectivity index is 1.23. The number of ether oxygens (including phenoxy) is 3. The molecular weight excluding hydrogens is 232 g/mol. The van der Waals surface area contributed by atoms with Gasteiger partial charge in [-0.1, -0.05) is 0 Å². The third-order valence-electron chi connectivity index (χ3n) is 4.88. The number of carbonyl (C=O) groups is 1. The number of hydrogen-bond donors (Lipinski definition) is 0. The normalized spacial score (nSPS) is 49.1. The molecule has 4 nitrogen and oxygen atoms in total. The van der Waals surface area contributed by atoms with Crippen molar-refractivity contribution < 1.29 is 19.0 Å². The number of fused-ring (bicyclic) bond motifs is 2. The van der Waals surface area contributed by atoms with E-state index in [9.17, 15) is 4.79 Å². The second kappa shape index (κ2) is 4.29. The predicted molar refractivity (Wildman–Crippen MR) is 63.3 cm³/mol. The Bertz CT molecular complexity index is 356. The van der Waals surface area contributed by atoms with Crippen LogP contribution in [-0.2, 0) is 19.0 Å². The van der Waals surface area contributed by atoms with E-state index in [0.717, 1.165) is 38.5 Å². The highest BCUT2D eigenvalue weighted by molar-refractivity contribution is 5.82. The van der Waals surface area contributed by atoms with Gasteiger partial charge in [-0.2, -0.15) is 0 Å². The summed E-state index contributed by atoms with van der Waals surface area (Å²) >= 11 is 0. The molecule has 4 heteroatoms. The Morgan fingerprint density at radius 1 is 0.944 bits per heavy atom. The average Bonchev–Trinajstić information content (AvgIpc) is 3.26. The maximum Gasteiger partial charge on any atom is 0.161 e. The Morgan fingerprint density at radius 3 is 2.39 bits per heavy atom. The SMILES string of the molecule is O=C(COC1CCC2OC2C1)C1CCC2OC2C1. The van der Waals surface area contributed by atoms with Gasteiger partial charge in [0, 0.05) is 12.3 Å². The molecule has 6 atom stereocenters. The van der Waals surface area contributed by atoms with E-state index < -0.39 is 0 Å². The molecule has 4 aliphatic rings. The molecule has 4 fully saturated rings. The van der Waals surface area contributed by atoms with Crippen LogP contribution in [0.5, 0.6) is 0 Å². The molecule has 0 aromatic carbocycles. The topological polar surface area (TPSA) is 51.4 Å². The number of carbonyl (C=O) groups excluding carboxylic acids is 1. The van der Waals surface area contributed by atoms with Crippen LogP contribution in [0.25, 0.3) is 0 Å². The van der Waals surface area contributed by atoms with Gasteiger partial charge in [0.15, 0.2) is 5.78 Å². The lowest BCUT2D eigenvalue weighted by molar-refractivity contribution is -0.130. The average molecular weight is 252 g/mol. The maximum atomic E-state index is 12.1. The van der Waals surface area contributed by atoms with Gasteiger partial charge in [0.25, 0.3) is 0 Å². The molecule has 2 aliphatic carbocycles. The zero-order chi connectivity index (χ0) is 12.1. The fourth-order valence-corrected chi connectivity index (χ4v) is 3.53. The summed E-state index contributed by atoms with van der Waals surface area (Å²) in [5, 5.41) is 0. The predicted octanol–water partition coefficient (Wildman–Crippen LogP) is 1.46. The molecule has 0 aromatic heterocycles. The Kier molecular flexibility index (Phi) is 2.71. The molecule has 2 heterocycles. The number of ketones is 1. The second-order valence-corrected chi connectivity index (χ2v) is 6.15. The second-order valence-electron chi connectivity index (χ2n) is 6.15. The van der Waals surface area contributed by atoms with Crippen LogP contribution in [0.15, 0.2) is 0 Å². The maximum absolute atomic E-state index is 12.1. The summed E-state index contributed by atoms with van der Waals surface area (Å²) in [6.07, 6.45) is 8.12. The van der Waals surface area contributed by atoms with Gasteiger partial charge in [-0.15, -0.1) is 0 Å². The third kappa shape index (κ3) is 2.22. The minimum Gasteiger partial charge on any atom is -0.370 e. The lowest BCUT2D eigenvalue weighted by Gasteiger charge is -2.22. The molecule has 18 heavy (non-hydrogen) atoms. The molecule has 6 unspecified atom stereocenters. The first kappa shape index (κ1) is 11.4. The van der Waals surface area contributed by atoms with E-state index in [4.69, 9.17) is 14.2 Å². The summed E-state index contributed by atoms with van der Waals surface area (Å²) in [5.41, 5.74) is 0. The summed E-state index contributed by atoms with van der Waals surface area (Å²) in [7, 11) is 0. The van der Waals surface area contributed by atoms with Crippen molar-refractivity contribution in [3.63, 3.8) is 0 Å². The van der Waals surface area contributed by atoms with Gasteiger partial charge in [-0.3, -0.25) is 4.79 Å². The molecule has 4 rings (SSSR count). The van der Waals surface area contributed by atoms with Gasteiger partial charge in [0.05, 0.1) is 30.5 Å². The summed E-state index contributed by atoms with van der Waals surface area (Å²) in [4.78, 5) is 12.1. The Morgan fingerprint density at radius 2 is 1.67 bits per heavy atom. The van der Waals surface area contributed by atoms with E-state index in [0.29, 0.717) is 31.0 Å². The first-order valence-electron chi connectivity index (χ1n) is 7.25. The number of Topliss-reactive ketones (excluding diaryl/α,β-unsaturated/α-hetero) is 1. The van der Waals surface area contributed by atoms with E-state index in [1.165, 1.54) is 0 Å². The zero-order valence-electron chi connectivity index (χ0n) is 10.5. The highest BCUT2D eigenvalue weighted by Crippen LogP contribution is 2.40. The van der Waals surface area contributed by atoms with Gasteiger partial charge >= 0.3 is 0 Å². The minimum atomic E-state index is 0.183. The molecule has 2 saturated carbocycles. The van der Waals surface area contributed by atoms with Crippen LogP contribution in [0.3, 0.4) is 0 Å². The number of hydrogen-bond acceptors (Lipinski definition) is 4. The number of epoxide rings is 2. The van der Waals surface area contributed by atoms with Crippen LogP contribution >= 0.6 is 0 Å². The molecule has 0 N–H and O–H groups in total. The zero-order valence-corrected chi connectivity index (χ0v) is 10.5. The van der Waals surface area contributed by atoms with E-state index in [-0.39, 0.29) is 17.8 Å². The Labute approximate surface area is 107 Å². The summed E-state index contributed by atoms with van der Waals surface area (Å²) in [6, 6.07) is 0. The van der Waals surface area contributed by atoms with Crippen LogP contribution in [0.4, 0.5) is 0 Å². The monoisotopic (exact) mass is 252 g/mol. The molecule has 100 valence electrons. The van der Waals surface area contributed by atoms with Crippen LogP contribution in [0.1, 0.15) is 38.5 Å². The summed E-state index contributed by atoms with van der Waals surface area (Å²) in [5.74, 6) is 0.463. The van der Waals surface area contributed by atoms with E-state index >= 15 is 0 Å². The van der Waals surface area contributed by atoms with Crippen molar-refractivity contribution >= 4 is 5.78 Å². The molecule has 0 radical (unpaired) electrons. The highest BCUT2D eigenvalue weighted by atomic mass is 16.6. The van der Waals surface area contributed by atoms with Gasteiger partial charge < -0.3 is 14.2 Å². The van der Waals surface area contributed by atoms with Crippen LogP contribution in [-0.4, -0.2) is 42.9 Å². The quantitative estimate of drug-likeness (QED) is 0.711. The fraction of sp³-hybridized carbons (Fsp3) is 0.929. The van der Waals surface area contributed by atoms with Gasteiger partial charge in [0.1, 0.15) is 6.61 Å². The molecule has 0 amide bonds. The summed E-state index contributed by atoms with van der Waals surface area (Å²) in [6.45, 7) is 0.296. The Hall–Kier alpha value is -0.450. The van der Waals surface area contributed by atoms with E-state index in [1.54, 1.807) is 0 Å². The highest BCUT2D eigenvalue weighted by Gasteiger charge is 2.46. The van der Waals surface area contributed by atoms with Crippen molar-refractivity contribution in [3.05, 3.63) is 0 Å². The van der Waals surface area contributed by atoms with Crippen molar-refractivity contribution in [1.29, 1.82) is 0 Å². The van der Waals surface area contributed by atoms with E-state index in [1.807, 2.05) is 0 Å². The van der Waals surface area contributed by atoms with Crippen LogP contribution < -0.4 is 0 Å². The summed E-state index contributed by atoms with van der Waals surface area (Å²) < 4.78 is 16.7. The lowest BCUT2D eigenvalue weighted by Crippen LogP contribution is -2.29. The van der Waals surface area contributed by atoms with Crippen LogP contribution in [0.2, 0.25) is 0 Å². The molecule has 2 aliphatic heterocycles. The largest absolute Gasteiger partial charge is 0.370 e. The molecule has 2 saturated heterocycles. The smallest absolute Gasteiger partial charge is 0.161 e. The van der Waals surface area contributed by atoms with Crippen molar-refractivity contribution in [2.24, 2.45) is 5.92 Å². The van der Waals surface area contributed by atoms with Gasteiger partial charge in [0.2, 0.25) is 0 Å². The molecule has 0 spiro atoms. The standard InChI is InChI=1S/C14H20O4/c15-10(8-1-3-11-13(5-8)17-11)7-16-9-2-4-12-14(6-9)18-12/h8-9,11-14H,1-7H2. The van der Waals surface area contributed by atoms with Gasteiger partial charge in [-0.05, 0) is 32.1 Å². The minimum absolute atomic E-state index is 0.183. The first-order valence-corrected chi connectivity index (χ1v) is 7.25. The first-order chi connectivity index (χ1) is 8.79. The fourth-order valence-electron chi connectivity index (χ4n) is 3.53. The third-order valence-corrected chi connectivity index (χ3v) is 4.88. The van der Waals surface area contributed by atoms with Gasteiger partial charge in [-0.25, -0.2) is 0 Å². The van der Waals surface area contributed by atoms with Crippen molar-refractivity contribution in [2.45, 2.75) is 69.0 Å². The van der Waals surface area contributed by atoms with Crippen molar-refractivity contribution in [2.75, 3.05) is 6.61 Å². The molecular formula is C14H20O4. The lowest BCUT2D eigenvalue weighted by atomic mass is 9.86. The molecule has 0 aromatic rings. The molecule has 0 bridgehead atoms. The van der Waals surface area contributed by atoms with E-state index in [2.05, 4.69) is 0 Å². The van der Waals surface area contributed by atoms with Crippen molar-refractivity contribution in [3.8, 4) is 0 Å². The van der Waals surface area contributed by atoms with Crippen molar-refractivity contribution in [1.82, 2.24) is 0 Å².